The molecule has 1 aromatic carbocycles. The third-order valence-electron chi connectivity index (χ3n) is 3.17. The highest BCUT2D eigenvalue weighted by molar-refractivity contribution is 7.13. The van der Waals surface area contributed by atoms with Crippen molar-refractivity contribution in [1.29, 1.82) is 0 Å². The number of thiophene rings is 1. The quantitative estimate of drug-likeness (QED) is 0.794. The first kappa shape index (κ1) is 14.4. The zero-order valence-electron chi connectivity index (χ0n) is 11.6. The van der Waals surface area contributed by atoms with Crippen LogP contribution in [-0.2, 0) is 6.54 Å². The van der Waals surface area contributed by atoms with Crippen LogP contribution in [0.25, 0.3) is 10.6 Å². The molecule has 0 aliphatic carbocycles. The van der Waals surface area contributed by atoms with Gasteiger partial charge in [0.2, 0.25) is 0 Å². The van der Waals surface area contributed by atoms with Crippen LogP contribution in [0.4, 0.5) is 4.39 Å². The molecule has 0 fully saturated rings. The smallest absolute Gasteiger partial charge is 0.253 e. The summed E-state index contributed by atoms with van der Waals surface area (Å²) >= 11 is 1.61. The lowest BCUT2D eigenvalue weighted by molar-refractivity contribution is 0.0950. The van der Waals surface area contributed by atoms with Gasteiger partial charge in [-0.05, 0) is 41.3 Å². The van der Waals surface area contributed by atoms with E-state index in [0.717, 1.165) is 16.1 Å². The fourth-order valence-electron chi connectivity index (χ4n) is 1.98. The van der Waals surface area contributed by atoms with Crippen molar-refractivity contribution in [3.05, 3.63) is 77.1 Å². The lowest BCUT2D eigenvalue weighted by Gasteiger charge is -2.06. The Morgan fingerprint density at radius 2 is 1.95 bits per heavy atom. The van der Waals surface area contributed by atoms with E-state index in [9.17, 15) is 9.18 Å². The van der Waals surface area contributed by atoms with E-state index in [2.05, 4.69) is 10.3 Å². The van der Waals surface area contributed by atoms with E-state index in [-0.39, 0.29) is 11.7 Å². The molecular weight excluding hydrogens is 299 g/mol. The minimum absolute atomic E-state index is 0.199. The number of halogens is 1. The topological polar surface area (TPSA) is 42.0 Å². The van der Waals surface area contributed by atoms with Crippen molar-refractivity contribution in [2.45, 2.75) is 6.54 Å². The lowest BCUT2D eigenvalue weighted by Crippen LogP contribution is -2.22. The normalized spacial score (nSPS) is 10.4. The van der Waals surface area contributed by atoms with Gasteiger partial charge in [0.1, 0.15) is 5.82 Å². The summed E-state index contributed by atoms with van der Waals surface area (Å²) in [5.41, 5.74) is 2.20. The molecule has 0 atom stereocenters. The van der Waals surface area contributed by atoms with Crippen molar-refractivity contribution in [2.75, 3.05) is 0 Å². The molecule has 0 saturated carbocycles. The fraction of sp³-hybridized carbons (Fsp3) is 0.0588. The molecule has 22 heavy (non-hydrogen) atoms. The fourth-order valence-corrected chi connectivity index (χ4v) is 2.69. The van der Waals surface area contributed by atoms with E-state index < -0.39 is 0 Å². The van der Waals surface area contributed by atoms with Gasteiger partial charge >= 0.3 is 0 Å². The van der Waals surface area contributed by atoms with Gasteiger partial charge in [-0.3, -0.25) is 9.78 Å². The summed E-state index contributed by atoms with van der Waals surface area (Å²) in [6, 6.07) is 13.6. The summed E-state index contributed by atoms with van der Waals surface area (Å²) < 4.78 is 12.8. The van der Waals surface area contributed by atoms with Crippen molar-refractivity contribution < 1.29 is 9.18 Å². The number of benzene rings is 1. The number of carbonyl (C=O) groups is 1. The van der Waals surface area contributed by atoms with Crippen LogP contribution < -0.4 is 5.32 Å². The van der Waals surface area contributed by atoms with Gasteiger partial charge in [-0.2, -0.15) is 0 Å². The number of nitrogens with one attached hydrogen (secondary N) is 1. The molecule has 2 aromatic heterocycles. The molecule has 3 rings (SSSR count). The second-order valence-corrected chi connectivity index (χ2v) is 5.67. The summed E-state index contributed by atoms with van der Waals surface area (Å²) in [5, 5.41) is 4.78. The van der Waals surface area contributed by atoms with E-state index in [1.165, 1.54) is 12.1 Å². The van der Waals surface area contributed by atoms with Gasteiger partial charge in [0, 0.05) is 12.7 Å². The Kier molecular flexibility index (Phi) is 4.25. The van der Waals surface area contributed by atoms with E-state index in [1.54, 1.807) is 35.7 Å². The van der Waals surface area contributed by atoms with Crippen molar-refractivity contribution in [3.8, 4) is 10.6 Å². The van der Waals surface area contributed by atoms with Crippen LogP contribution in [0.1, 0.15) is 15.9 Å². The molecule has 110 valence electrons. The second kappa shape index (κ2) is 6.49. The molecular formula is C17H13FN2OS. The summed E-state index contributed by atoms with van der Waals surface area (Å²) in [6.07, 6.45) is 1.56. The minimum Gasteiger partial charge on any atom is -0.348 e. The average Bonchev–Trinajstić information content (AvgIpc) is 3.09. The summed E-state index contributed by atoms with van der Waals surface area (Å²) in [6.45, 7) is 0.353. The Hall–Kier alpha value is -2.53. The number of amides is 1. The van der Waals surface area contributed by atoms with Gasteiger partial charge in [0.05, 0.1) is 16.1 Å². The number of pyridine rings is 1. The zero-order chi connectivity index (χ0) is 15.4. The SMILES string of the molecule is O=C(NCc1ccc(F)cc1)c1ccc(-c2cccs2)nc1. The number of rotatable bonds is 4. The molecule has 0 aliphatic rings. The number of hydrogen-bond donors (Lipinski definition) is 1. The van der Waals surface area contributed by atoms with Crippen LogP contribution in [-0.4, -0.2) is 10.9 Å². The molecule has 0 bridgehead atoms. The lowest BCUT2D eigenvalue weighted by atomic mass is 10.2. The van der Waals surface area contributed by atoms with Gasteiger partial charge in [0.15, 0.2) is 0 Å². The van der Waals surface area contributed by atoms with Gasteiger partial charge in [-0.15, -0.1) is 11.3 Å². The van der Waals surface area contributed by atoms with Gasteiger partial charge in [0.25, 0.3) is 5.91 Å². The maximum absolute atomic E-state index is 12.8. The van der Waals surface area contributed by atoms with Crippen LogP contribution in [0.15, 0.2) is 60.1 Å². The van der Waals surface area contributed by atoms with E-state index >= 15 is 0 Å². The predicted octanol–water partition coefficient (Wildman–Crippen LogP) is 3.88. The average molecular weight is 312 g/mol. The third-order valence-corrected chi connectivity index (χ3v) is 4.06. The maximum Gasteiger partial charge on any atom is 0.253 e. The van der Waals surface area contributed by atoms with E-state index in [0.29, 0.717) is 12.1 Å². The minimum atomic E-state index is -0.288. The van der Waals surface area contributed by atoms with E-state index in [1.807, 2.05) is 23.6 Å². The monoisotopic (exact) mass is 312 g/mol. The molecule has 3 nitrogen and oxygen atoms in total. The zero-order valence-corrected chi connectivity index (χ0v) is 12.4. The molecule has 0 aliphatic heterocycles. The first-order valence-electron chi connectivity index (χ1n) is 6.75. The molecule has 2 heterocycles. The van der Waals surface area contributed by atoms with Gasteiger partial charge in [-0.25, -0.2) is 4.39 Å². The molecule has 5 heteroatoms. The molecule has 0 spiro atoms. The standard InChI is InChI=1S/C17H13FN2OS/c18-14-6-3-12(4-7-14)10-20-17(21)13-5-8-15(19-11-13)16-2-1-9-22-16/h1-9,11H,10H2,(H,20,21). The molecule has 1 N–H and O–H groups in total. The number of hydrogen-bond acceptors (Lipinski definition) is 3. The largest absolute Gasteiger partial charge is 0.348 e. The Morgan fingerprint density at radius 3 is 2.59 bits per heavy atom. The first-order valence-corrected chi connectivity index (χ1v) is 7.63. The Balaban J connectivity index is 1.63. The van der Waals surface area contributed by atoms with Crippen LogP contribution in [0.2, 0.25) is 0 Å². The van der Waals surface area contributed by atoms with Gasteiger partial charge in [-0.1, -0.05) is 18.2 Å². The van der Waals surface area contributed by atoms with Crippen LogP contribution in [0, 0.1) is 5.82 Å². The maximum atomic E-state index is 12.8. The number of nitrogens with zero attached hydrogens (tertiary/aromatic N) is 1. The van der Waals surface area contributed by atoms with E-state index in [4.69, 9.17) is 0 Å². The highest BCUT2D eigenvalue weighted by Gasteiger charge is 2.07. The van der Waals surface area contributed by atoms with Crippen molar-refractivity contribution in [3.63, 3.8) is 0 Å². The highest BCUT2D eigenvalue weighted by Crippen LogP contribution is 2.22. The van der Waals surface area contributed by atoms with Crippen molar-refractivity contribution >= 4 is 17.2 Å². The summed E-state index contributed by atoms with van der Waals surface area (Å²) in [5.74, 6) is -0.488. The molecule has 0 unspecified atom stereocenters. The Morgan fingerprint density at radius 1 is 1.14 bits per heavy atom. The molecule has 1 amide bonds. The number of aromatic nitrogens is 1. The van der Waals surface area contributed by atoms with Crippen LogP contribution >= 0.6 is 11.3 Å². The predicted molar refractivity (Wildman–Crippen MR) is 85.1 cm³/mol. The molecule has 3 aromatic rings. The summed E-state index contributed by atoms with van der Waals surface area (Å²) in [7, 11) is 0. The Labute approximate surface area is 131 Å². The molecule has 0 saturated heterocycles. The summed E-state index contributed by atoms with van der Waals surface area (Å²) in [4.78, 5) is 17.4. The third kappa shape index (κ3) is 3.38. The first-order chi connectivity index (χ1) is 10.7. The van der Waals surface area contributed by atoms with Gasteiger partial charge < -0.3 is 5.32 Å². The van der Waals surface area contributed by atoms with Crippen molar-refractivity contribution in [2.24, 2.45) is 0 Å². The number of carbonyl (C=O) groups excluding carboxylic acids is 1. The molecule has 0 radical (unpaired) electrons. The highest BCUT2D eigenvalue weighted by atomic mass is 32.1. The Bertz CT molecular complexity index is 752. The van der Waals surface area contributed by atoms with Crippen molar-refractivity contribution in [1.82, 2.24) is 10.3 Å². The second-order valence-electron chi connectivity index (χ2n) is 4.72. The van der Waals surface area contributed by atoms with Crippen LogP contribution in [0.5, 0.6) is 0 Å². The van der Waals surface area contributed by atoms with Crippen LogP contribution in [0.3, 0.4) is 0 Å².